The highest BCUT2D eigenvalue weighted by atomic mass is 35.5. The summed E-state index contributed by atoms with van der Waals surface area (Å²) < 4.78 is 0. The fourth-order valence-corrected chi connectivity index (χ4v) is 3.07. The first-order valence-corrected chi connectivity index (χ1v) is 6.80. The van der Waals surface area contributed by atoms with Crippen molar-refractivity contribution < 1.29 is 4.79 Å². The first-order valence-electron chi connectivity index (χ1n) is 6.42. The standard InChI is InChI=1S/C15H19ClO/c1-3-4-12-9-14(10(2)15(12)17)11-5-7-13(16)8-6-11/h5-8,10,12,14H,3-4,9H2,1-2H3. The molecule has 0 aromatic heterocycles. The second kappa shape index (κ2) is 5.22. The zero-order valence-corrected chi connectivity index (χ0v) is 11.2. The summed E-state index contributed by atoms with van der Waals surface area (Å²) in [6, 6.07) is 7.96. The Bertz CT molecular complexity index is 396. The number of hydrogen-bond acceptors (Lipinski definition) is 1. The van der Waals surface area contributed by atoms with E-state index in [0.29, 0.717) is 11.7 Å². The number of hydrogen-bond donors (Lipinski definition) is 0. The van der Waals surface area contributed by atoms with E-state index in [2.05, 4.69) is 26.0 Å². The van der Waals surface area contributed by atoms with Gasteiger partial charge in [-0.05, 0) is 36.5 Å². The minimum Gasteiger partial charge on any atom is -0.299 e. The van der Waals surface area contributed by atoms with Gasteiger partial charge in [-0.1, -0.05) is 44.0 Å². The van der Waals surface area contributed by atoms with Crippen LogP contribution in [-0.2, 0) is 4.79 Å². The molecule has 2 rings (SSSR count). The third-order valence-electron chi connectivity index (χ3n) is 3.93. The van der Waals surface area contributed by atoms with Gasteiger partial charge in [-0.3, -0.25) is 4.79 Å². The second-order valence-electron chi connectivity index (χ2n) is 5.07. The van der Waals surface area contributed by atoms with Crippen molar-refractivity contribution in [3.05, 3.63) is 34.9 Å². The molecule has 3 atom stereocenters. The lowest BCUT2D eigenvalue weighted by Crippen LogP contribution is -2.13. The Labute approximate surface area is 108 Å². The van der Waals surface area contributed by atoms with Crippen LogP contribution in [0.4, 0.5) is 0 Å². The average molecular weight is 251 g/mol. The molecule has 1 aliphatic rings. The fourth-order valence-electron chi connectivity index (χ4n) is 2.94. The Kier molecular flexibility index (Phi) is 3.88. The topological polar surface area (TPSA) is 17.1 Å². The second-order valence-corrected chi connectivity index (χ2v) is 5.51. The maximum absolute atomic E-state index is 12.1. The van der Waals surface area contributed by atoms with E-state index >= 15 is 0 Å². The van der Waals surface area contributed by atoms with Crippen LogP contribution in [-0.4, -0.2) is 5.78 Å². The first kappa shape index (κ1) is 12.6. The van der Waals surface area contributed by atoms with Gasteiger partial charge < -0.3 is 0 Å². The summed E-state index contributed by atoms with van der Waals surface area (Å²) in [5.41, 5.74) is 1.26. The van der Waals surface area contributed by atoms with Crippen molar-refractivity contribution in [2.24, 2.45) is 11.8 Å². The van der Waals surface area contributed by atoms with E-state index in [9.17, 15) is 4.79 Å². The van der Waals surface area contributed by atoms with Gasteiger partial charge in [0.05, 0.1) is 0 Å². The lowest BCUT2D eigenvalue weighted by atomic mass is 9.90. The van der Waals surface area contributed by atoms with Crippen molar-refractivity contribution in [2.75, 3.05) is 0 Å². The maximum atomic E-state index is 12.1. The SMILES string of the molecule is CCCC1CC(c2ccc(Cl)cc2)C(C)C1=O. The van der Waals surface area contributed by atoms with Crippen LogP contribution < -0.4 is 0 Å². The van der Waals surface area contributed by atoms with Gasteiger partial charge in [0, 0.05) is 16.9 Å². The summed E-state index contributed by atoms with van der Waals surface area (Å²) in [6.45, 7) is 4.21. The minimum atomic E-state index is 0.160. The van der Waals surface area contributed by atoms with Crippen molar-refractivity contribution in [2.45, 2.75) is 39.0 Å². The average Bonchev–Trinajstić information content (AvgIpc) is 2.59. The molecule has 0 aliphatic heterocycles. The van der Waals surface area contributed by atoms with Crippen LogP contribution in [0.2, 0.25) is 5.02 Å². The molecular weight excluding hydrogens is 232 g/mol. The summed E-state index contributed by atoms with van der Waals surface area (Å²) in [7, 11) is 0. The number of rotatable bonds is 3. The molecule has 0 radical (unpaired) electrons. The molecule has 1 saturated carbocycles. The van der Waals surface area contributed by atoms with Crippen molar-refractivity contribution in [1.29, 1.82) is 0 Å². The van der Waals surface area contributed by atoms with Gasteiger partial charge in [-0.25, -0.2) is 0 Å². The number of carbonyl (C=O) groups is 1. The van der Waals surface area contributed by atoms with E-state index in [1.54, 1.807) is 0 Å². The monoisotopic (exact) mass is 250 g/mol. The van der Waals surface area contributed by atoms with Gasteiger partial charge in [0.2, 0.25) is 0 Å². The van der Waals surface area contributed by atoms with E-state index in [-0.39, 0.29) is 11.8 Å². The van der Waals surface area contributed by atoms with Crippen LogP contribution in [0.1, 0.15) is 44.6 Å². The highest BCUT2D eigenvalue weighted by Gasteiger charge is 2.39. The summed E-state index contributed by atoms with van der Waals surface area (Å²) in [6.07, 6.45) is 3.14. The van der Waals surface area contributed by atoms with Gasteiger partial charge in [0.25, 0.3) is 0 Å². The first-order chi connectivity index (χ1) is 8.13. The lowest BCUT2D eigenvalue weighted by Gasteiger charge is -2.14. The van der Waals surface area contributed by atoms with Crippen molar-refractivity contribution in [3.63, 3.8) is 0 Å². The van der Waals surface area contributed by atoms with Crippen molar-refractivity contribution in [1.82, 2.24) is 0 Å². The molecule has 1 aromatic carbocycles. The number of carbonyl (C=O) groups excluding carboxylic acids is 1. The molecule has 1 aliphatic carbocycles. The van der Waals surface area contributed by atoms with E-state index < -0.39 is 0 Å². The number of benzene rings is 1. The van der Waals surface area contributed by atoms with Crippen LogP contribution in [0.25, 0.3) is 0 Å². The van der Waals surface area contributed by atoms with E-state index in [1.165, 1.54) is 5.56 Å². The van der Waals surface area contributed by atoms with Gasteiger partial charge >= 0.3 is 0 Å². The van der Waals surface area contributed by atoms with Gasteiger partial charge in [0.1, 0.15) is 5.78 Å². The molecule has 3 unspecified atom stereocenters. The Hall–Kier alpha value is -0.820. The predicted octanol–water partition coefficient (Wildman–Crippen LogP) is 4.45. The van der Waals surface area contributed by atoms with Gasteiger partial charge in [-0.15, -0.1) is 0 Å². The minimum absolute atomic E-state index is 0.160. The molecule has 2 heteroatoms. The largest absolute Gasteiger partial charge is 0.299 e. The normalized spacial score (nSPS) is 28.6. The summed E-state index contributed by atoms with van der Waals surface area (Å²) in [5.74, 6) is 1.27. The van der Waals surface area contributed by atoms with Crippen molar-refractivity contribution >= 4 is 17.4 Å². The summed E-state index contributed by atoms with van der Waals surface area (Å²) >= 11 is 5.89. The quantitative estimate of drug-likeness (QED) is 0.775. The summed E-state index contributed by atoms with van der Waals surface area (Å²) in [5, 5.41) is 0.760. The van der Waals surface area contributed by atoms with Crippen molar-refractivity contribution in [3.8, 4) is 0 Å². The smallest absolute Gasteiger partial charge is 0.139 e. The molecule has 0 spiro atoms. The van der Waals surface area contributed by atoms with E-state index in [1.807, 2.05) is 12.1 Å². The van der Waals surface area contributed by atoms with Gasteiger partial charge in [0.15, 0.2) is 0 Å². The molecule has 17 heavy (non-hydrogen) atoms. The Morgan fingerprint density at radius 2 is 1.94 bits per heavy atom. The molecule has 1 nitrogen and oxygen atoms in total. The van der Waals surface area contributed by atoms with Crippen LogP contribution in [0.15, 0.2) is 24.3 Å². The Balaban J connectivity index is 2.17. The molecule has 1 fully saturated rings. The van der Waals surface area contributed by atoms with Gasteiger partial charge in [-0.2, -0.15) is 0 Å². The maximum Gasteiger partial charge on any atom is 0.139 e. The Morgan fingerprint density at radius 3 is 2.53 bits per heavy atom. The zero-order valence-electron chi connectivity index (χ0n) is 10.4. The third-order valence-corrected chi connectivity index (χ3v) is 4.18. The van der Waals surface area contributed by atoms with E-state index in [4.69, 9.17) is 11.6 Å². The van der Waals surface area contributed by atoms with Crippen LogP contribution >= 0.6 is 11.6 Å². The summed E-state index contributed by atoms with van der Waals surface area (Å²) in [4.78, 5) is 12.1. The highest BCUT2D eigenvalue weighted by molar-refractivity contribution is 6.30. The predicted molar refractivity (Wildman–Crippen MR) is 71.4 cm³/mol. The fraction of sp³-hybridized carbons (Fsp3) is 0.533. The van der Waals surface area contributed by atoms with Crippen LogP contribution in [0, 0.1) is 11.8 Å². The van der Waals surface area contributed by atoms with E-state index in [0.717, 1.165) is 24.3 Å². The number of Topliss-reactive ketones (excluding diaryl/α,β-unsaturated/α-hetero) is 1. The zero-order chi connectivity index (χ0) is 12.4. The number of halogens is 1. The Morgan fingerprint density at radius 1 is 1.29 bits per heavy atom. The molecule has 0 amide bonds. The van der Waals surface area contributed by atoms with Crippen LogP contribution in [0.5, 0.6) is 0 Å². The molecular formula is C15H19ClO. The molecule has 0 N–H and O–H groups in total. The molecule has 92 valence electrons. The molecule has 0 heterocycles. The molecule has 1 aromatic rings. The third kappa shape index (κ3) is 2.55. The molecule has 0 bridgehead atoms. The number of ketones is 1. The lowest BCUT2D eigenvalue weighted by molar-refractivity contribution is -0.123. The van der Waals surface area contributed by atoms with Crippen LogP contribution in [0.3, 0.4) is 0 Å². The highest BCUT2D eigenvalue weighted by Crippen LogP contribution is 2.42. The molecule has 0 saturated heterocycles.